The third-order valence-corrected chi connectivity index (χ3v) is 6.28. The maximum atomic E-state index is 13.4. The Morgan fingerprint density at radius 2 is 1.95 bits per heavy atom. The summed E-state index contributed by atoms with van der Waals surface area (Å²) < 4.78 is 13.1. The van der Waals surface area contributed by atoms with E-state index < -0.39 is 10.3 Å². The molecule has 198 valence electrons. The molecule has 1 aromatic heterocycles. The number of benzene rings is 3. The smallest absolute Gasteiger partial charge is 0.315 e. The fourth-order valence-electron chi connectivity index (χ4n) is 3.89. The average Bonchev–Trinajstić information content (AvgIpc) is 2.90. The molecule has 0 saturated heterocycles. The van der Waals surface area contributed by atoms with Gasteiger partial charge in [-0.1, -0.05) is 54.9 Å². The minimum absolute atomic E-state index is 0.0724. The number of aromatic nitrogens is 2. The van der Waals surface area contributed by atoms with Gasteiger partial charge in [0, 0.05) is 27.1 Å². The van der Waals surface area contributed by atoms with E-state index in [1.807, 2.05) is 26.8 Å². The Balaban J connectivity index is 1.79. The van der Waals surface area contributed by atoms with Crippen molar-refractivity contribution in [3.05, 3.63) is 102 Å². The largest absolute Gasteiger partial charge is 0.493 e. The summed E-state index contributed by atoms with van der Waals surface area (Å²) in [7, 11) is 1.36. The van der Waals surface area contributed by atoms with Crippen molar-refractivity contribution in [3.63, 3.8) is 0 Å². The Kier molecular flexibility index (Phi) is 7.78. The lowest BCUT2D eigenvalue weighted by atomic mass is 9.95. The van der Waals surface area contributed by atoms with Crippen LogP contribution in [0.1, 0.15) is 43.3 Å². The Morgan fingerprint density at radius 1 is 1.21 bits per heavy atom. The first-order valence-electron chi connectivity index (χ1n) is 11.8. The van der Waals surface area contributed by atoms with Crippen LogP contribution in [0.15, 0.2) is 69.0 Å². The molecule has 0 atom stereocenters. The number of rotatable bonds is 7. The molecule has 0 aliphatic carbocycles. The number of nitriles is 1. The Hall–Kier alpha value is -4.56. The fourth-order valence-corrected chi connectivity index (χ4v) is 4.25. The SMILES string of the molecule is COc1cc(C=Nn2c(C(C)(C)C)nc3ccc(Br)cc3c2=O)cc([N+](=O)[O-])c1OCc1ccccc1C#N. The molecule has 0 unspecified atom stereocenters. The van der Waals surface area contributed by atoms with Crippen molar-refractivity contribution in [2.24, 2.45) is 5.10 Å². The van der Waals surface area contributed by atoms with E-state index in [0.717, 1.165) is 4.47 Å². The van der Waals surface area contributed by atoms with Crippen LogP contribution in [0.3, 0.4) is 0 Å². The second kappa shape index (κ2) is 11.0. The number of nitrogens with zero attached hydrogens (tertiary/aromatic N) is 5. The van der Waals surface area contributed by atoms with E-state index in [-0.39, 0.29) is 29.4 Å². The normalized spacial score (nSPS) is 11.5. The highest BCUT2D eigenvalue weighted by molar-refractivity contribution is 9.10. The molecule has 0 radical (unpaired) electrons. The first kappa shape index (κ1) is 27.5. The number of hydrogen-bond acceptors (Lipinski definition) is 8. The van der Waals surface area contributed by atoms with Gasteiger partial charge in [-0.2, -0.15) is 15.0 Å². The molecule has 0 aliphatic rings. The number of ether oxygens (including phenoxy) is 2. The number of nitro benzene ring substituents is 1. The summed E-state index contributed by atoms with van der Waals surface area (Å²) in [6.07, 6.45) is 1.34. The Bertz CT molecular complexity index is 1720. The standard InChI is InChI=1S/C28H24BrN5O5/c1-28(2,3)27-32-22-10-9-20(29)13-21(22)26(35)33(27)31-15-17-11-23(34(36)37)25(24(12-17)38-4)39-16-19-8-6-5-7-18(19)14-30/h5-13,15H,16H2,1-4H3. The molecule has 4 aromatic rings. The van der Waals surface area contributed by atoms with E-state index >= 15 is 0 Å². The van der Waals surface area contributed by atoms with E-state index in [1.54, 1.807) is 36.4 Å². The molecule has 4 rings (SSSR count). The predicted molar refractivity (Wildman–Crippen MR) is 151 cm³/mol. The molecule has 10 nitrogen and oxygen atoms in total. The van der Waals surface area contributed by atoms with Crippen molar-refractivity contribution in [1.29, 1.82) is 5.26 Å². The number of nitro groups is 1. The van der Waals surface area contributed by atoms with Gasteiger partial charge in [0.1, 0.15) is 12.4 Å². The minimum Gasteiger partial charge on any atom is -0.493 e. The van der Waals surface area contributed by atoms with Gasteiger partial charge in [0.2, 0.25) is 5.75 Å². The lowest BCUT2D eigenvalue weighted by Gasteiger charge is -2.20. The zero-order chi connectivity index (χ0) is 28.3. The van der Waals surface area contributed by atoms with Crippen LogP contribution >= 0.6 is 15.9 Å². The topological polar surface area (TPSA) is 133 Å². The van der Waals surface area contributed by atoms with E-state index in [0.29, 0.717) is 33.4 Å². The van der Waals surface area contributed by atoms with Crippen LogP contribution in [0.25, 0.3) is 10.9 Å². The highest BCUT2D eigenvalue weighted by atomic mass is 79.9. The first-order valence-corrected chi connectivity index (χ1v) is 12.6. The fraction of sp³-hybridized carbons (Fsp3) is 0.214. The summed E-state index contributed by atoms with van der Waals surface area (Å²) in [5.74, 6) is 0.442. The van der Waals surface area contributed by atoms with Gasteiger partial charge in [0.25, 0.3) is 5.56 Å². The molecule has 0 saturated carbocycles. The minimum atomic E-state index is -0.590. The molecule has 0 amide bonds. The first-order chi connectivity index (χ1) is 18.5. The molecular weight excluding hydrogens is 566 g/mol. The van der Waals surface area contributed by atoms with Gasteiger partial charge in [-0.05, 0) is 30.3 Å². The maximum Gasteiger partial charge on any atom is 0.315 e. The predicted octanol–water partition coefficient (Wildman–Crippen LogP) is 5.71. The second-order valence-corrected chi connectivity index (χ2v) is 10.5. The summed E-state index contributed by atoms with van der Waals surface area (Å²) in [6.45, 7) is 5.67. The maximum absolute atomic E-state index is 13.4. The van der Waals surface area contributed by atoms with E-state index in [1.165, 1.54) is 30.1 Å². The molecule has 0 bridgehead atoms. The monoisotopic (exact) mass is 589 g/mol. The van der Waals surface area contributed by atoms with Gasteiger partial charge in [0.05, 0.1) is 40.8 Å². The molecule has 0 fully saturated rings. The Morgan fingerprint density at radius 3 is 2.62 bits per heavy atom. The van der Waals surface area contributed by atoms with Crippen molar-refractivity contribution in [2.45, 2.75) is 32.8 Å². The second-order valence-electron chi connectivity index (χ2n) is 9.59. The summed E-state index contributed by atoms with van der Waals surface area (Å²) >= 11 is 3.38. The highest BCUT2D eigenvalue weighted by Gasteiger charge is 2.24. The zero-order valence-electron chi connectivity index (χ0n) is 21.6. The van der Waals surface area contributed by atoms with E-state index in [4.69, 9.17) is 9.47 Å². The van der Waals surface area contributed by atoms with E-state index in [2.05, 4.69) is 32.1 Å². The molecule has 3 aromatic carbocycles. The van der Waals surface area contributed by atoms with Gasteiger partial charge >= 0.3 is 5.69 Å². The number of hydrogen-bond donors (Lipinski definition) is 0. The van der Waals surface area contributed by atoms with E-state index in [9.17, 15) is 20.2 Å². The lowest BCUT2D eigenvalue weighted by molar-refractivity contribution is -0.386. The van der Waals surface area contributed by atoms with Crippen LogP contribution in [0.4, 0.5) is 5.69 Å². The number of methoxy groups -OCH3 is 1. The molecule has 1 heterocycles. The number of fused-ring (bicyclic) bond motifs is 1. The van der Waals surface area contributed by atoms with Gasteiger partial charge < -0.3 is 9.47 Å². The van der Waals surface area contributed by atoms with Gasteiger partial charge in [-0.25, -0.2) is 4.98 Å². The summed E-state index contributed by atoms with van der Waals surface area (Å²) in [4.78, 5) is 29.5. The summed E-state index contributed by atoms with van der Waals surface area (Å²) in [5.41, 5.74) is 0.569. The van der Waals surface area contributed by atoms with Gasteiger partial charge in [-0.15, -0.1) is 0 Å². The van der Waals surface area contributed by atoms with Gasteiger partial charge in [-0.3, -0.25) is 14.9 Å². The van der Waals surface area contributed by atoms with Crippen molar-refractivity contribution >= 4 is 38.7 Å². The van der Waals surface area contributed by atoms with Crippen LogP contribution in [-0.2, 0) is 12.0 Å². The van der Waals surface area contributed by atoms with Crippen LogP contribution in [0.5, 0.6) is 11.5 Å². The molecule has 0 spiro atoms. The Labute approximate surface area is 232 Å². The lowest BCUT2D eigenvalue weighted by Crippen LogP contribution is -2.29. The van der Waals surface area contributed by atoms with Crippen LogP contribution in [0.2, 0.25) is 0 Å². The molecule has 11 heteroatoms. The van der Waals surface area contributed by atoms with Gasteiger partial charge in [0.15, 0.2) is 5.75 Å². The van der Waals surface area contributed by atoms with Crippen LogP contribution in [-0.4, -0.2) is 27.9 Å². The molecule has 0 N–H and O–H groups in total. The average molecular weight is 590 g/mol. The third-order valence-electron chi connectivity index (χ3n) is 5.79. The van der Waals surface area contributed by atoms with Crippen molar-refractivity contribution in [3.8, 4) is 17.6 Å². The third kappa shape index (κ3) is 5.81. The zero-order valence-corrected chi connectivity index (χ0v) is 23.2. The highest BCUT2D eigenvalue weighted by Crippen LogP contribution is 2.38. The molecule has 0 aliphatic heterocycles. The van der Waals surface area contributed by atoms with Crippen molar-refractivity contribution < 1.29 is 14.4 Å². The summed E-state index contributed by atoms with van der Waals surface area (Å²) in [5, 5.41) is 26.1. The quantitative estimate of drug-likeness (QED) is 0.153. The summed E-state index contributed by atoms with van der Waals surface area (Å²) in [6, 6.07) is 16.9. The molecular formula is C28H24BrN5O5. The molecule has 39 heavy (non-hydrogen) atoms. The van der Waals surface area contributed by atoms with Crippen molar-refractivity contribution in [1.82, 2.24) is 9.66 Å². The number of halogens is 1. The van der Waals surface area contributed by atoms with Crippen LogP contribution in [0, 0.1) is 21.4 Å². The van der Waals surface area contributed by atoms with Crippen molar-refractivity contribution in [2.75, 3.05) is 7.11 Å². The van der Waals surface area contributed by atoms with Crippen LogP contribution < -0.4 is 15.0 Å².